The standard InChI is InChI=1S/C26H34BrNO3/c1-7-25(3,4)19-12-13-23(21(15-19)26(5,6)8-2)31-17-24(30)28-20-11-9-10-18(14-20)22(29)16-27/h9-15H,7-8,16-17H2,1-6H3,(H,28,30). The highest BCUT2D eigenvalue weighted by molar-refractivity contribution is 9.09. The number of amides is 1. The molecule has 31 heavy (non-hydrogen) atoms. The summed E-state index contributed by atoms with van der Waals surface area (Å²) in [4.78, 5) is 24.4. The van der Waals surface area contributed by atoms with E-state index < -0.39 is 0 Å². The summed E-state index contributed by atoms with van der Waals surface area (Å²) in [5.41, 5.74) is 3.52. The van der Waals surface area contributed by atoms with Crippen LogP contribution in [0.1, 0.15) is 75.9 Å². The van der Waals surface area contributed by atoms with Gasteiger partial charge in [0.15, 0.2) is 12.4 Å². The number of hydrogen-bond acceptors (Lipinski definition) is 3. The molecule has 4 nitrogen and oxygen atoms in total. The Morgan fingerprint density at radius 2 is 1.65 bits per heavy atom. The van der Waals surface area contributed by atoms with E-state index in [1.54, 1.807) is 24.3 Å². The van der Waals surface area contributed by atoms with Gasteiger partial charge in [0.2, 0.25) is 0 Å². The fraction of sp³-hybridized carbons (Fsp3) is 0.462. The SMILES string of the molecule is CCC(C)(C)c1ccc(OCC(=O)Nc2cccc(C(=O)CBr)c2)c(C(C)(C)CC)c1. The number of nitrogens with one attached hydrogen (secondary N) is 1. The molecule has 2 aromatic rings. The molecule has 0 saturated heterocycles. The number of halogens is 1. The first kappa shape index (κ1) is 25.1. The second-order valence-corrected chi connectivity index (χ2v) is 9.72. The molecule has 0 aliphatic carbocycles. The normalized spacial score (nSPS) is 11.8. The molecular formula is C26H34BrNO3. The van der Waals surface area contributed by atoms with Crippen molar-refractivity contribution in [1.29, 1.82) is 0 Å². The van der Waals surface area contributed by atoms with E-state index in [9.17, 15) is 9.59 Å². The third-order valence-electron chi connectivity index (χ3n) is 6.21. The van der Waals surface area contributed by atoms with E-state index in [0.29, 0.717) is 11.3 Å². The maximum Gasteiger partial charge on any atom is 0.262 e. The van der Waals surface area contributed by atoms with Gasteiger partial charge in [-0.3, -0.25) is 9.59 Å². The molecule has 2 aromatic carbocycles. The quantitative estimate of drug-likeness (QED) is 0.301. The number of rotatable bonds is 10. The van der Waals surface area contributed by atoms with Crippen molar-refractivity contribution in [3.05, 3.63) is 59.2 Å². The van der Waals surface area contributed by atoms with E-state index in [1.807, 2.05) is 6.07 Å². The zero-order chi connectivity index (χ0) is 23.2. The summed E-state index contributed by atoms with van der Waals surface area (Å²) >= 11 is 3.17. The monoisotopic (exact) mass is 487 g/mol. The van der Waals surface area contributed by atoms with E-state index in [4.69, 9.17) is 4.74 Å². The lowest BCUT2D eigenvalue weighted by atomic mass is 9.76. The van der Waals surface area contributed by atoms with Gasteiger partial charge in [-0.2, -0.15) is 0 Å². The van der Waals surface area contributed by atoms with Gasteiger partial charge >= 0.3 is 0 Å². The van der Waals surface area contributed by atoms with Crippen LogP contribution < -0.4 is 10.1 Å². The van der Waals surface area contributed by atoms with Crippen molar-refractivity contribution in [2.24, 2.45) is 0 Å². The maximum atomic E-state index is 12.5. The maximum absolute atomic E-state index is 12.5. The van der Waals surface area contributed by atoms with Crippen molar-refractivity contribution < 1.29 is 14.3 Å². The number of ketones is 1. The summed E-state index contributed by atoms with van der Waals surface area (Å²) in [6.45, 7) is 13.1. The summed E-state index contributed by atoms with van der Waals surface area (Å²) < 4.78 is 5.97. The number of ether oxygens (including phenoxy) is 1. The zero-order valence-electron chi connectivity index (χ0n) is 19.5. The van der Waals surface area contributed by atoms with Crippen LogP contribution in [0.5, 0.6) is 5.75 Å². The van der Waals surface area contributed by atoms with Crippen LogP contribution in [0.2, 0.25) is 0 Å². The van der Waals surface area contributed by atoms with E-state index in [-0.39, 0.29) is 34.5 Å². The van der Waals surface area contributed by atoms with Crippen molar-refractivity contribution in [3.63, 3.8) is 0 Å². The van der Waals surface area contributed by atoms with Gasteiger partial charge in [-0.1, -0.05) is 81.7 Å². The van der Waals surface area contributed by atoms with Gasteiger partial charge < -0.3 is 10.1 Å². The first-order chi connectivity index (χ1) is 14.5. The Hall–Kier alpha value is -2.14. The summed E-state index contributed by atoms with van der Waals surface area (Å²) in [6.07, 6.45) is 2.00. The molecule has 0 bridgehead atoms. The van der Waals surface area contributed by atoms with E-state index in [2.05, 4.69) is 74.9 Å². The molecule has 5 heteroatoms. The summed E-state index contributed by atoms with van der Waals surface area (Å²) in [5.74, 6) is 0.441. The highest BCUT2D eigenvalue weighted by Crippen LogP contribution is 2.38. The summed E-state index contributed by atoms with van der Waals surface area (Å²) in [7, 11) is 0. The molecule has 0 aliphatic heterocycles. The highest BCUT2D eigenvalue weighted by Gasteiger charge is 2.26. The first-order valence-corrected chi connectivity index (χ1v) is 11.9. The Morgan fingerprint density at radius 3 is 2.26 bits per heavy atom. The first-order valence-electron chi connectivity index (χ1n) is 10.8. The number of carbonyl (C=O) groups is 2. The van der Waals surface area contributed by atoms with Crippen LogP contribution >= 0.6 is 15.9 Å². The third kappa shape index (κ3) is 6.42. The molecule has 0 aromatic heterocycles. The van der Waals surface area contributed by atoms with E-state index >= 15 is 0 Å². The lowest BCUT2D eigenvalue weighted by Crippen LogP contribution is -2.24. The molecule has 0 heterocycles. The Labute approximate surface area is 194 Å². The van der Waals surface area contributed by atoms with E-state index in [0.717, 1.165) is 24.2 Å². The number of hydrogen-bond donors (Lipinski definition) is 1. The molecule has 168 valence electrons. The van der Waals surface area contributed by atoms with Crippen LogP contribution in [0.4, 0.5) is 5.69 Å². The Balaban J connectivity index is 2.19. The summed E-state index contributed by atoms with van der Waals surface area (Å²) in [5, 5.41) is 3.06. The molecule has 2 rings (SSSR count). The summed E-state index contributed by atoms with van der Waals surface area (Å²) in [6, 6.07) is 13.2. The minimum atomic E-state index is -0.262. The fourth-order valence-corrected chi connectivity index (χ4v) is 3.51. The molecule has 0 unspecified atom stereocenters. The van der Waals surface area contributed by atoms with Crippen LogP contribution in [-0.2, 0) is 15.6 Å². The number of alkyl halides is 1. The van der Waals surface area contributed by atoms with Crippen molar-refractivity contribution >= 4 is 33.3 Å². The Morgan fingerprint density at radius 1 is 0.968 bits per heavy atom. The highest BCUT2D eigenvalue weighted by atomic mass is 79.9. The van der Waals surface area contributed by atoms with E-state index in [1.165, 1.54) is 5.56 Å². The van der Waals surface area contributed by atoms with Crippen molar-refractivity contribution in [3.8, 4) is 5.75 Å². The lowest BCUT2D eigenvalue weighted by Gasteiger charge is -2.30. The average molecular weight is 488 g/mol. The number of benzene rings is 2. The second kappa shape index (κ2) is 10.4. The number of carbonyl (C=O) groups excluding carboxylic acids is 2. The van der Waals surface area contributed by atoms with Crippen LogP contribution in [0.25, 0.3) is 0 Å². The zero-order valence-corrected chi connectivity index (χ0v) is 21.1. The minimum absolute atomic E-state index is 0.0334. The second-order valence-electron chi connectivity index (χ2n) is 9.16. The molecule has 1 N–H and O–H groups in total. The molecule has 1 amide bonds. The lowest BCUT2D eigenvalue weighted by molar-refractivity contribution is -0.118. The molecule has 0 aliphatic rings. The van der Waals surface area contributed by atoms with Crippen molar-refractivity contribution in [2.45, 2.75) is 65.2 Å². The average Bonchev–Trinajstić information content (AvgIpc) is 2.77. The molecule has 0 radical (unpaired) electrons. The predicted octanol–water partition coefficient (Wildman–Crippen LogP) is 6.66. The molecule has 0 saturated carbocycles. The predicted molar refractivity (Wildman–Crippen MR) is 132 cm³/mol. The third-order valence-corrected chi connectivity index (χ3v) is 6.72. The van der Waals surface area contributed by atoms with Gasteiger partial charge in [0.1, 0.15) is 5.75 Å². The molecule has 0 spiro atoms. The van der Waals surface area contributed by atoms with Gasteiger partial charge in [0.25, 0.3) is 5.91 Å². The Kier molecular flexibility index (Phi) is 8.47. The van der Waals surface area contributed by atoms with Gasteiger partial charge in [-0.15, -0.1) is 0 Å². The molecule has 0 fully saturated rings. The minimum Gasteiger partial charge on any atom is -0.483 e. The Bertz CT molecular complexity index is 934. The smallest absolute Gasteiger partial charge is 0.262 e. The van der Waals surface area contributed by atoms with Crippen molar-refractivity contribution in [2.75, 3.05) is 17.3 Å². The van der Waals surface area contributed by atoms with Crippen LogP contribution in [0, 0.1) is 0 Å². The van der Waals surface area contributed by atoms with Crippen LogP contribution in [-0.4, -0.2) is 23.6 Å². The van der Waals surface area contributed by atoms with Gasteiger partial charge in [-0.05, 0) is 47.4 Å². The van der Waals surface area contributed by atoms with Crippen LogP contribution in [0.3, 0.4) is 0 Å². The molecule has 0 atom stereocenters. The topological polar surface area (TPSA) is 55.4 Å². The largest absolute Gasteiger partial charge is 0.483 e. The van der Waals surface area contributed by atoms with Gasteiger partial charge in [0, 0.05) is 16.8 Å². The van der Waals surface area contributed by atoms with Crippen molar-refractivity contribution in [1.82, 2.24) is 0 Å². The van der Waals surface area contributed by atoms with Gasteiger partial charge in [-0.25, -0.2) is 0 Å². The fourth-order valence-electron chi connectivity index (χ4n) is 3.19. The van der Waals surface area contributed by atoms with Gasteiger partial charge in [0.05, 0.1) is 5.33 Å². The molecular weight excluding hydrogens is 454 g/mol. The number of anilines is 1. The number of Topliss-reactive ketones (excluding diaryl/α,β-unsaturated/α-hetero) is 1. The van der Waals surface area contributed by atoms with Crippen LogP contribution in [0.15, 0.2) is 42.5 Å².